The fourth-order valence-electron chi connectivity index (χ4n) is 1.26. The molecule has 1 rings (SSSR count). The van der Waals surface area contributed by atoms with E-state index in [-0.39, 0.29) is 0 Å². The highest BCUT2D eigenvalue weighted by Gasteiger charge is 2.03. The predicted molar refractivity (Wildman–Crippen MR) is 66.8 cm³/mol. The average Bonchev–Trinajstić information content (AvgIpc) is 2.22. The van der Waals surface area contributed by atoms with Gasteiger partial charge in [-0.2, -0.15) is 0 Å². The van der Waals surface area contributed by atoms with E-state index in [0.717, 1.165) is 23.8 Å². The second-order valence-corrected chi connectivity index (χ2v) is 4.71. The van der Waals surface area contributed by atoms with Crippen LogP contribution in [-0.4, -0.2) is 26.0 Å². The van der Waals surface area contributed by atoms with Crippen molar-refractivity contribution in [3.8, 4) is 0 Å². The standard InChI is InChI=1S/C11H16ClNOS/c1-14-6-7-15-11-8-10(12)3-2-9(11)4-5-13/h2-3,8H,4-7,13H2,1H3. The van der Waals surface area contributed by atoms with Crippen LogP contribution in [0.3, 0.4) is 0 Å². The van der Waals surface area contributed by atoms with Crippen LogP contribution in [0.2, 0.25) is 5.02 Å². The van der Waals surface area contributed by atoms with E-state index >= 15 is 0 Å². The summed E-state index contributed by atoms with van der Waals surface area (Å²) in [5.41, 5.74) is 6.82. The maximum atomic E-state index is 5.95. The van der Waals surface area contributed by atoms with Crippen LogP contribution in [0.1, 0.15) is 5.56 Å². The molecule has 0 saturated carbocycles. The molecule has 1 aromatic rings. The van der Waals surface area contributed by atoms with Crippen LogP contribution in [-0.2, 0) is 11.2 Å². The summed E-state index contributed by atoms with van der Waals surface area (Å²) in [7, 11) is 1.71. The zero-order chi connectivity index (χ0) is 11.1. The third-order valence-corrected chi connectivity index (χ3v) is 3.28. The third kappa shape index (κ3) is 4.43. The number of methoxy groups -OCH3 is 1. The van der Waals surface area contributed by atoms with Crippen molar-refractivity contribution in [2.24, 2.45) is 5.73 Å². The molecule has 4 heteroatoms. The summed E-state index contributed by atoms with van der Waals surface area (Å²) in [4.78, 5) is 1.21. The molecule has 15 heavy (non-hydrogen) atoms. The summed E-state index contributed by atoms with van der Waals surface area (Å²) in [5.74, 6) is 0.939. The molecular formula is C11H16ClNOS. The van der Waals surface area contributed by atoms with Crippen molar-refractivity contribution in [2.75, 3.05) is 26.0 Å². The fraction of sp³-hybridized carbons (Fsp3) is 0.455. The molecule has 0 bridgehead atoms. The molecule has 2 nitrogen and oxygen atoms in total. The van der Waals surface area contributed by atoms with Crippen molar-refractivity contribution < 1.29 is 4.74 Å². The van der Waals surface area contributed by atoms with Gasteiger partial charge in [-0.1, -0.05) is 17.7 Å². The Labute approximate surface area is 100 Å². The van der Waals surface area contributed by atoms with Gasteiger partial charge in [0, 0.05) is 22.8 Å². The van der Waals surface area contributed by atoms with Gasteiger partial charge in [-0.15, -0.1) is 11.8 Å². The molecule has 0 unspecified atom stereocenters. The summed E-state index contributed by atoms with van der Waals surface area (Å²) in [6, 6.07) is 5.95. The van der Waals surface area contributed by atoms with E-state index < -0.39 is 0 Å². The average molecular weight is 246 g/mol. The molecule has 0 aliphatic heterocycles. The quantitative estimate of drug-likeness (QED) is 0.618. The predicted octanol–water partition coefficient (Wildman–Crippen LogP) is 2.58. The lowest BCUT2D eigenvalue weighted by atomic mass is 10.1. The Morgan fingerprint density at radius 1 is 1.47 bits per heavy atom. The maximum Gasteiger partial charge on any atom is 0.0556 e. The Morgan fingerprint density at radius 3 is 2.93 bits per heavy atom. The number of ether oxygens (including phenoxy) is 1. The Hall–Kier alpha value is -0.220. The molecule has 0 fully saturated rings. The number of halogens is 1. The van der Waals surface area contributed by atoms with Crippen molar-refractivity contribution in [3.63, 3.8) is 0 Å². The largest absolute Gasteiger partial charge is 0.384 e. The number of nitrogens with two attached hydrogens (primary N) is 1. The number of hydrogen-bond acceptors (Lipinski definition) is 3. The molecule has 0 heterocycles. The Morgan fingerprint density at radius 2 is 2.27 bits per heavy atom. The molecule has 0 saturated heterocycles. The SMILES string of the molecule is COCCSc1cc(Cl)ccc1CCN. The van der Waals surface area contributed by atoms with Crippen molar-refractivity contribution in [3.05, 3.63) is 28.8 Å². The van der Waals surface area contributed by atoms with E-state index in [4.69, 9.17) is 22.1 Å². The zero-order valence-corrected chi connectivity index (χ0v) is 10.4. The second-order valence-electron chi connectivity index (χ2n) is 3.13. The van der Waals surface area contributed by atoms with Gasteiger partial charge in [0.1, 0.15) is 0 Å². The van der Waals surface area contributed by atoms with Crippen LogP contribution in [0.25, 0.3) is 0 Å². The van der Waals surface area contributed by atoms with E-state index in [1.807, 2.05) is 18.2 Å². The van der Waals surface area contributed by atoms with E-state index in [0.29, 0.717) is 6.54 Å². The first-order valence-electron chi connectivity index (χ1n) is 4.88. The lowest BCUT2D eigenvalue weighted by molar-refractivity contribution is 0.218. The lowest BCUT2D eigenvalue weighted by Gasteiger charge is -2.08. The monoisotopic (exact) mass is 245 g/mol. The van der Waals surface area contributed by atoms with E-state index in [1.165, 1.54) is 10.5 Å². The first-order chi connectivity index (χ1) is 7.27. The van der Waals surface area contributed by atoms with Crippen molar-refractivity contribution in [2.45, 2.75) is 11.3 Å². The van der Waals surface area contributed by atoms with Crippen LogP contribution in [0, 0.1) is 0 Å². The van der Waals surface area contributed by atoms with Crippen LogP contribution in [0.4, 0.5) is 0 Å². The molecule has 0 amide bonds. The van der Waals surface area contributed by atoms with Crippen LogP contribution >= 0.6 is 23.4 Å². The molecule has 0 atom stereocenters. The molecule has 2 N–H and O–H groups in total. The summed E-state index contributed by atoms with van der Waals surface area (Å²) in [5, 5.41) is 0.774. The molecule has 0 radical (unpaired) electrons. The Bertz CT molecular complexity index is 307. The first-order valence-corrected chi connectivity index (χ1v) is 6.24. The number of rotatable bonds is 6. The zero-order valence-electron chi connectivity index (χ0n) is 8.83. The van der Waals surface area contributed by atoms with E-state index in [9.17, 15) is 0 Å². The van der Waals surface area contributed by atoms with Crippen LogP contribution in [0.15, 0.2) is 23.1 Å². The number of hydrogen-bond donors (Lipinski definition) is 1. The molecule has 84 valence electrons. The Kier molecular flexibility index (Phi) is 6.10. The van der Waals surface area contributed by atoms with Crippen molar-refractivity contribution >= 4 is 23.4 Å². The van der Waals surface area contributed by atoms with Gasteiger partial charge >= 0.3 is 0 Å². The number of benzene rings is 1. The summed E-state index contributed by atoms with van der Waals surface area (Å²) in [6.45, 7) is 1.42. The minimum atomic E-state index is 0.666. The highest BCUT2D eigenvalue weighted by molar-refractivity contribution is 7.99. The van der Waals surface area contributed by atoms with Crippen LogP contribution < -0.4 is 5.73 Å². The van der Waals surface area contributed by atoms with Gasteiger partial charge in [-0.25, -0.2) is 0 Å². The normalized spacial score (nSPS) is 10.6. The number of thioether (sulfide) groups is 1. The Balaban J connectivity index is 2.68. The second kappa shape index (κ2) is 7.12. The molecule has 0 aliphatic rings. The van der Waals surface area contributed by atoms with E-state index in [1.54, 1.807) is 18.9 Å². The molecule has 0 aromatic heterocycles. The van der Waals surface area contributed by atoms with Gasteiger partial charge in [0.05, 0.1) is 6.61 Å². The van der Waals surface area contributed by atoms with Gasteiger partial charge in [0.15, 0.2) is 0 Å². The van der Waals surface area contributed by atoms with Gasteiger partial charge in [-0.05, 0) is 30.7 Å². The minimum Gasteiger partial charge on any atom is -0.384 e. The van der Waals surface area contributed by atoms with Gasteiger partial charge in [-0.3, -0.25) is 0 Å². The first kappa shape index (κ1) is 12.8. The smallest absolute Gasteiger partial charge is 0.0556 e. The minimum absolute atomic E-state index is 0.666. The molecule has 1 aromatic carbocycles. The van der Waals surface area contributed by atoms with Crippen molar-refractivity contribution in [1.82, 2.24) is 0 Å². The highest BCUT2D eigenvalue weighted by Crippen LogP contribution is 2.26. The third-order valence-electron chi connectivity index (χ3n) is 1.99. The maximum absolute atomic E-state index is 5.95. The van der Waals surface area contributed by atoms with Crippen LogP contribution in [0.5, 0.6) is 0 Å². The summed E-state index contributed by atoms with van der Waals surface area (Å²) >= 11 is 7.71. The van der Waals surface area contributed by atoms with E-state index in [2.05, 4.69) is 0 Å². The van der Waals surface area contributed by atoms with Gasteiger partial charge < -0.3 is 10.5 Å². The molecular weight excluding hydrogens is 230 g/mol. The topological polar surface area (TPSA) is 35.2 Å². The lowest BCUT2D eigenvalue weighted by Crippen LogP contribution is -2.04. The van der Waals surface area contributed by atoms with Gasteiger partial charge in [0.2, 0.25) is 0 Å². The van der Waals surface area contributed by atoms with Crippen molar-refractivity contribution in [1.29, 1.82) is 0 Å². The van der Waals surface area contributed by atoms with Gasteiger partial charge in [0.25, 0.3) is 0 Å². The summed E-state index contributed by atoms with van der Waals surface area (Å²) < 4.78 is 5.02. The highest BCUT2D eigenvalue weighted by atomic mass is 35.5. The summed E-state index contributed by atoms with van der Waals surface area (Å²) in [6.07, 6.45) is 0.895. The molecule has 0 spiro atoms. The fourth-order valence-corrected chi connectivity index (χ4v) is 2.53. The molecule has 0 aliphatic carbocycles.